The highest BCUT2D eigenvalue weighted by molar-refractivity contribution is 6.94. The van der Waals surface area contributed by atoms with Crippen molar-refractivity contribution in [1.82, 2.24) is 0 Å². The predicted octanol–water partition coefficient (Wildman–Crippen LogP) is 4.38. The SMILES string of the molecule is CCOC(=O)C1(C(=O)OCC)CC(=C\[Si](C)(C)c2ccccc2)/C(=C2\CC(C(=O)OCC)(C(=O)OCC)CC2CC=O)C1. The van der Waals surface area contributed by atoms with E-state index >= 15 is 0 Å². The lowest BCUT2D eigenvalue weighted by Gasteiger charge is -2.24. The lowest BCUT2D eigenvalue weighted by molar-refractivity contribution is -0.173. The maximum Gasteiger partial charge on any atom is 0.324 e. The van der Waals surface area contributed by atoms with Gasteiger partial charge in [0.2, 0.25) is 0 Å². The van der Waals surface area contributed by atoms with Crippen LogP contribution in [0, 0.1) is 16.7 Å². The van der Waals surface area contributed by atoms with Gasteiger partial charge in [0.05, 0.1) is 26.4 Å². The molecule has 10 heteroatoms. The highest BCUT2D eigenvalue weighted by Gasteiger charge is 2.59. The smallest absolute Gasteiger partial charge is 0.324 e. The first-order chi connectivity index (χ1) is 20.5. The summed E-state index contributed by atoms with van der Waals surface area (Å²) in [5.74, 6) is -3.26. The highest BCUT2D eigenvalue weighted by atomic mass is 28.3. The second kappa shape index (κ2) is 14.3. The number of esters is 4. The third-order valence-corrected chi connectivity index (χ3v) is 11.3. The summed E-state index contributed by atoms with van der Waals surface area (Å²) in [6, 6.07) is 10.0. The molecule has 0 N–H and O–H groups in total. The normalized spacial score (nSPS) is 21.7. The highest BCUT2D eigenvalue weighted by Crippen LogP contribution is 2.56. The Bertz CT molecular complexity index is 1240. The molecule has 3 rings (SSSR count). The van der Waals surface area contributed by atoms with Crippen LogP contribution in [-0.4, -0.2) is 64.7 Å². The summed E-state index contributed by atoms with van der Waals surface area (Å²) in [7, 11) is -2.30. The molecule has 0 amide bonds. The molecule has 2 aliphatic carbocycles. The number of benzene rings is 1. The van der Waals surface area contributed by atoms with E-state index < -0.39 is 48.7 Å². The van der Waals surface area contributed by atoms with Gasteiger partial charge in [0.15, 0.2) is 10.8 Å². The fourth-order valence-corrected chi connectivity index (χ4v) is 8.74. The maximum absolute atomic E-state index is 13.6. The average Bonchev–Trinajstić information content (AvgIpc) is 3.54. The van der Waals surface area contributed by atoms with E-state index in [1.807, 2.05) is 18.2 Å². The molecule has 234 valence electrons. The monoisotopic (exact) mass is 612 g/mol. The third-order valence-electron chi connectivity index (χ3n) is 8.42. The van der Waals surface area contributed by atoms with Crippen LogP contribution in [0.2, 0.25) is 13.1 Å². The van der Waals surface area contributed by atoms with Crippen molar-refractivity contribution in [1.29, 1.82) is 0 Å². The molecule has 1 aromatic carbocycles. The van der Waals surface area contributed by atoms with Crippen LogP contribution >= 0.6 is 0 Å². The molecule has 0 aromatic heterocycles. The molecule has 1 aromatic rings. The van der Waals surface area contributed by atoms with Crippen molar-refractivity contribution < 1.29 is 42.9 Å². The minimum Gasteiger partial charge on any atom is -0.465 e. The second-order valence-corrected chi connectivity index (χ2v) is 16.0. The first-order valence-electron chi connectivity index (χ1n) is 15.1. The predicted molar refractivity (Wildman–Crippen MR) is 163 cm³/mol. The fraction of sp³-hybridized carbons (Fsp3) is 0.545. The Morgan fingerprint density at radius 3 is 1.72 bits per heavy atom. The van der Waals surface area contributed by atoms with Gasteiger partial charge in [0.1, 0.15) is 14.4 Å². The second-order valence-electron chi connectivity index (χ2n) is 11.6. The van der Waals surface area contributed by atoms with E-state index in [4.69, 9.17) is 18.9 Å². The molecule has 2 aliphatic rings. The van der Waals surface area contributed by atoms with Crippen LogP contribution in [0.5, 0.6) is 0 Å². The van der Waals surface area contributed by atoms with Gasteiger partial charge < -0.3 is 23.7 Å². The van der Waals surface area contributed by atoms with E-state index in [1.54, 1.807) is 27.7 Å². The lowest BCUT2D eigenvalue weighted by Crippen LogP contribution is -2.41. The van der Waals surface area contributed by atoms with E-state index in [-0.39, 0.29) is 58.5 Å². The van der Waals surface area contributed by atoms with Crippen LogP contribution in [0.1, 0.15) is 59.8 Å². The standard InChI is InChI=1S/C33H44O9Si/c1-7-39-28(35)32(29(36)40-8-2)18-23(16-17-34)26(20-32)27-21-33(30(37)41-9-3,31(38)42-10-4)19-24(27)22-43(5,6)25-14-12-11-13-15-25/h11-15,17,22-23H,7-10,16,18-21H2,1-6H3/b24-22+,27-26+. The van der Waals surface area contributed by atoms with Crippen molar-refractivity contribution in [3.63, 3.8) is 0 Å². The maximum atomic E-state index is 13.6. The summed E-state index contributed by atoms with van der Waals surface area (Å²) in [6.07, 6.45) is 0.834. The summed E-state index contributed by atoms with van der Waals surface area (Å²) in [5, 5.41) is 1.15. The Balaban J connectivity index is 2.33. The summed E-state index contributed by atoms with van der Waals surface area (Å²) >= 11 is 0. The zero-order valence-corrected chi connectivity index (χ0v) is 27.2. The van der Waals surface area contributed by atoms with Crippen LogP contribution in [0.3, 0.4) is 0 Å². The van der Waals surface area contributed by atoms with Gasteiger partial charge in [-0.25, -0.2) is 0 Å². The molecule has 2 saturated carbocycles. The number of carbonyl (C=O) groups excluding carboxylic acids is 5. The molecule has 1 unspecified atom stereocenters. The van der Waals surface area contributed by atoms with E-state index in [0.29, 0.717) is 11.1 Å². The van der Waals surface area contributed by atoms with Crippen molar-refractivity contribution in [3.8, 4) is 0 Å². The van der Waals surface area contributed by atoms with Gasteiger partial charge in [0.25, 0.3) is 0 Å². The van der Waals surface area contributed by atoms with Gasteiger partial charge in [-0.05, 0) is 64.9 Å². The molecule has 0 radical (unpaired) electrons. The Hall–Kier alpha value is -3.53. The minimum absolute atomic E-state index is 0.0256. The molecule has 9 nitrogen and oxygen atoms in total. The number of carbonyl (C=O) groups is 5. The number of aldehydes is 1. The summed E-state index contributed by atoms with van der Waals surface area (Å²) in [4.78, 5) is 65.9. The largest absolute Gasteiger partial charge is 0.465 e. The quantitative estimate of drug-likeness (QED) is 0.111. The van der Waals surface area contributed by atoms with Crippen molar-refractivity contribution in [3.05, 3.63) is 52.8 Å². The average molecular weight is 613 g/mol. The third kappa shape index (κ3) is 6.84. The Morgan fingerprint density at radius 1 is 0.767 bits per heavy atom. The van der Waals surface area contributed by atoms with E-state index in [1.165, 1.54) is 0 Å². The fourth-order valence-electron chi connectivity index (χ4n) is 6.38. The number of allylic oxidation sites excluding steroid dienone is 3. The first-order valence-corrected chi connectivity index (χ1v) is 18.2. The summed E-state index contributed by atoms with van der Waals surface area (Å²) in [6.45, 7) is 11.3. The zero-order valence-electron chi connectivity index (χ0n) is 26.2. The molecule has 1 atom stereocenters. The van der Waals surface area contributed by atoms with Gasteiger partial charge in [-0.1, -0.05) is 65.5 Å². The molecule has 0 saturated heterocycles. The first kappa shape index (κ1) is 34.0. The van der Waals surface area contributed by atoms with Crippen LogP contribution in [0.15, 0.2) is 52.8 Å². The summed E-state index contributed by atoms with van der Waals surface area (Å²) < 4.78 is 21.6. The molecular weight excluding hydrogens is 568 g/mol. The molecule has 0 heterocycles. The van der Waals surface area contributed by atoms with Gasteiger partial charge in [-0.3, -0.25) is 19.2 Å². The van der Waals surface area contributed by atoms with Gasteiger partial charge in [0, 0.05) is 6.42 Å². The molecular formula is C33H44O9Si. The van der Waals surface area contributed by atoms with Crippen LogP contribution < -0.4 is 5.19 Å². The van der Waals surface area contributed by atoms with Crippen molar-refractivity contribution >= 4 is 43.4 Å². The number of ether oxygens (including phenoxy) is 4. The van der Waals surface area contributed by atoms with Crippen LogP contribution in [-0.2, 0) is 42.9 Å². The van der Waals surface area contributed by atoms with Crippen LogP contribution in [0.4, 0.5) is 0 Å². The molecule has 0 spiro atoms. The van der Waals surface area contributed by atoms with Gasteiger partial charge in [-0.15, -0.1) is 0 Å². The van der Waals surface area contributed by atoms with Crippen molar-refractivity contribution in [2.75, 3.05) is 26.4 Å². The van der Waals surface area contributed by atoms with E-state index in [0.717, 1.165) is 17.0 Å². The van der Waals surface area contributed by atoms with E-state index in [9.17, 15) is 24.0 Å². The number of hydrogen-bond donors (Lipinski definition) is 0. The lowest BCUT2D eigenvalue weighted by atomic mass is 9.84. The molecule has 43 heavy (non-hydrogen) atoms. The Morgan fingerprint density at radius 2 is 1.26 bits per heavy atom. The Labute approximate surface area is 255 Å². The van der Waals surface area contributed by atoms with Crippen molar-refractivity contribution in [2.45, 2.75) is 72.9 Å². The Kier molecular flexibility index (Phi) is 11.3. The number of rotatable bonds is 12. The molecule has 2 fully saturated rings. The minimum atomic E-state index is -2.30. The number of hydrogen-bond acceptors (Lipinski definition) is 9. The summed E-state index contributed by atoms with van der Waals surface area (Å²) in [5.41, 5.74) is 1.05. The van der Waals surface area contributed by atoms with Crippen LogP contribution in [0.25, 0.3) is 0 Å². The molecule has 0 aliphatic heterocycles. The topological polar surface area (TPSA) is 122 Å². The van der Waals surface area contributed by atoms with E-state index in [2.05, 4.69) is 30.9 Å². The van der Waals surface area contributed by atoms with Crippen molar-refractivity contribution in [2.24, 2.45) is 16.7 Å². The van der Waals surface area contributed by atoms with Gasteiger partial charge in [-0.2, -0.15) is 0 Å². The molecule has 0 bridgehead atoms. The zero-order chi connectivity index (χ0) is 31.8. The van der Waals surface area contributed by atoms with Gasteiger partial charge >= 0.3 is 23.9 Å².